The molecule has 1 aliphatic heterocycles. The summed E-state index contributed by atoms with van der Waals surface area (Å²) in [7, 11) is 1.55. The molecule has 0 atom stereocenters. The van der Waals surface area contributed by atoms with Crippen LogP contribution < -0.4 is 19.5 Å². The molecule has 0 spiro atoms. The molecule has 0 saturated carbocycles. The van der Waals surface area contributed by atoms with Crippen LogP contribution in [0.2, 0.25) is 0 Å². The van der Waals surface area contributed by atoms with Crippen LogP contribution in [0.3, 0.4) is 0 Å². The van der Waals surface area contributed by atoms with E-state index in [0.717, 1.165) is 0 Å². The van der Waals surface area contributed by atoms with Gasteiger partial charge in [0.25, 0.3) is 0 Å². The van der Waals surface area contributed by atoms with E-state index >= 15 is 4.39 Å². The Balaban J connectivity index is 1.17. The second-order valence-electron chi connectivity index (χ2n) is 10.7. The van der Waals surface area contributed by atoms with Gasteiger partial charge in [-0.3, -0.25) is 4.79 Å². The standard InChI is InChI=1S/C34H32F2N6O4/c1-3-33(43)41-15-12-24(13-16-41)45-31-19-26-29(20-30(31)44-2)37-21-38-34(26)39-28-11-10-25(18-27(28)36)46-32-14-17-42(40-32)23-7-5-4-6-22(35)8-9-23/h3,5,7-11,14,17-21,24H,1,4,6,12-13,15-16H2,2H3,(H,37,38,39)/b7-5-,22-8+,23-9+. The summed E-state index contributed by atoms with van der Waals surface area (Å²) < 4.78 is 48.3. The third-order valence-electron chi connectivity index (χ3n) is 7.66. The van der Waals surface area contributed by atoms with Crippen molar-refractivity contribution in [2.75, 3.05) is 25.5 Å². The molecular formula is C34H32F2N6O4. The number of piperidine rings is 1. The fraction of sp³-hybridized carbons (Fsp3) is 0.235. The van der Waals surface area contributed by atoms with Crippen LogP contribution in [-0.4, -0.2) is 56.9 Å². The number of amides is 1. The number of hydrogen-bond acceptors (Lipinski definition) is 8. The Hall–Kier alpha value is -5.52. The minimum absolute atomic E-state index is 0.0929. The number of carbonyl (C=O) groups is 1. The lowest BCUT2D eigenvalue weighted by Gasteiger charge is -2.31. The zero-order valence-corrected chi connectivity index (χ0v) is 25.2. The highest BCUT2D eigenvalue weighted by molar-refractivity contribution is 5.93. The topological polar surface area (TPSA) is 104 Å². The first-order valence-corrected chi connectivity index (χ1v) is 14.8. The number of methoxy groups -OCH3 is 1. The van der Waals surface area contributed by atoms with Crippen molar-refractivity contribution in [2.24, 2.45) is 0 Å². The molecule has 2 aliphatic rings. The highest BCUT2D eigenvalue weighted by Gasteiger charge is 2.24. The van der Waals surface area contributed by atoms with E-state index in [9.17, 15) is 9.18 Å². The van der Waals surface area contributed by atoms with Gasteiger partial charge in [0.2, 0.25) is 11.8 Å². The first-order chi connectivity index (χ1) is 22.4. The summed E-state index contributed by atoms with van der Waals surface area (Å²) in [5, 5.41) is 8.05. The lowest BCUT2D eigenvalue weighted by molar-refractivity contribution is -0.127. The highest BCUT2D eigenvalue weighted by atomic mass is 19.1. The largest absolute Gasteiger partial charge is 0.493 e. The number of nitrogens with one attached hydrogen (secondary N) is 1. The predicted octanol–water partition coefficient (Wildman–Crippen LogP) is 7.11. The minimum Gasteiger partial charge on any atom is -0.493 e. The number of fused-ring (bicyclic) bond motifs is 1. The lowest BCUT2D eigenvalue weighted by Crippen LogP contribution is -2.41. The van der Waals surface area contributed by atoms with Crippen LogP contribution in [0.5, 0.6) is 23.1 Å². The number of likely N-dealkylation sites (tertiary alicyclic amines) is 1. The third-order valence-corrected chi connectivity index (χ3v) is 7.66. The van der Waals surface area contributed by atoms with Gasteiger partial charge in [0, 0.05) is 62.1 Å². The SMILES string of the molecule is C=CC(=O)N1CCC(Oc2cc3c(Nc4ccc(Oc5ccn(C6=C/C=C(/F)CC/C=C\6)n5)cc4F)ncnc3cc2OC)CC1. The van der Waals surface area contributed by atoms with E-state index < -0.39 is 5.82 Å². The number of rotatable bonds is 9. The van der Waals surface area contributed by atoms with Gasteiger partial charge in [-0.15, -0.1) is 5.10 Å². The molecule has 6 rings (SSSR count). The zero-order chi connectivity index (χ0) is 32.0. The molecule has 1 saturated heterocycles. The summed E-state index contributed by atoms with van der Waals surface area (Å²) in [5.41, 5.74) is 1.43. The van der Waals surface area contributed by atoms with Crippen molar-refractivity contribution in [2.45, 2.75) is 31.8 Å². The molecule has 0 bridgehead atoms. The number of aromatic nitrogens is 4. The first-order valence-electron chi connectivity index (χ1n) is 14.8. The lowest BCUT2D eigenvalue weighted by atomic mass is 10.1. The van der Waals surface area contributed by atoms with Crippen LogP contribution >= 0.6 is 0 Å². The van der Waals surface area contributed by atoms with Crippen LogP contribution in [-0.2, 0) is 4.79 Å². The Labute approximate surface area is 264 Å². The van der Waals surface area contributed by atoms with Gasteiger partial charge in [-0.1, -0.05) is 12.7 Å². The average molecular weight is 627 g/mol. The Morgan fingerprint density at radius 2 is 1.93 bits per heavy atom. The van der Waals surface area contributed by atoms with Crippen molar-refractivity contribution < 1.29 is 27.8 Å². The van der Waals surface area contributed by atoms with E-state index in [0.29, 0.717) is 72.7 Å². The first kappa shape index (κ1) is 30.5. The van der Waals surface area contributed by atoms with Crippen molar-refractivity contribution in [3.05, 3.63) is 97.5 Å². The van der Waals surface area contributed by atoms with Crippen LogP contribution in [0, 0.1) is 5.82 Å². The van der Waals surface area contributed by atoms with Crippen molar-refractivity contribution in [1.82, 2.24) is 24.6 Å². The van der Waals surface area contributed by atoms with Crippen LogP contribution in [0.25, 0.3) is 16.6 Å². The maximum absolute atomic E-state index is 15.3. The van der Waals surface area contributed by atoms with Gasteiger partial charge < -0.3 is 24.4 Å². The van der Waals surface area contributed by atoms with Gasteiger partial charge in [0.1, 0.15) is 35.6 Å². The molecule has 2 aromatic carbocycles. The monoisotopic (exact) mass is 626 g/mol. The second-order valence-corrected chi connectivity index (χ2v) is 10.7. The van der Waals surface area contributed by atoms with Crippen molar-refractivity contribution in [3.8, 4) is 23.1 Å². The zero-order valence-electron chi connectivity index (χ0n) is 25.2. The Kier molecular flexibility index (Phi) is 9.04. The number of allylic oxidation sites excluding steroid dienone is 6. The number of carbonyl (C=O) groups excluding carboxylic acids is 1. The van der Waals surface area contributed by atoms with Crippen molar-refractivity contribution in [1.29, 1.82) is 0 Å². The predicted molar refractivity (Wildman–Crippen MR) is 170 cm³/mol. The summed E-state index contributed by atoms with van der Waals surface area (Å²) in [6.45, 7) is 4.69. The normalized spacial score (nSPS) is 18.4. The van der Waals surface area contributed by atoms with E-state index in [4.69, 9.17) is 14.2 Å². The van der Waals surface area contributed by atoms with Crippen LogP contribution in [0.4, 0.5) is 20.3 Å². The van der Waals surface area contributed by atoms with Gasteiger partial charge in [-0.2, -0.15) is 0 Å². The molecular weight excluding hydrogens is 594 g/mol. The van der Waals surface area contributed by atoms with Gasteiger partial charge in [0.05, 0.1) is 24.0 Å². The molecule has 10 nitrogen and oxygen atoms in total. The molecule has 0 unspecified atom stereocenters. The van der Waals surface area contributed by atoms with Gasteiger partial charge >= 0.3 is 0 Å². The quantitative estimate of drug-likeness (QED) is 0.196. The number of anilines is 2. The molecule has 4 aromatic rings. The third kappa shape index (κ3) is 6.90. The minimum atomic E-state index is -0.569. The molecule has 236 valence electrons. The van der Waals surface area contributed by atoms with Gasteiger partial charge in [-0.25, -0.2) is 23.4 Å². The van der Waals surface area contributed by atoms with E-state index in [1.54, 1.807) is 59.3 Å². The smallest absolute Gasteiger partial charge is 0.245 e. The highest BCUT2D eigenvalue weighted by Crippen LogP contribution is 2.37. The maximum atomic E-state index is 15.3. The Morgan fingerprint density at radius 3 is 2.72 bits per heavy atom. The molecule has 1 N–H and O–H groups in total. The molecule has 0 radical (unpaired) electrons. The molecule has 1 aliphatic carbocycles. The fourth-order valence-corrected chi connectivity index (χ4v) is 5.23. The van der Waals surface area contributed by atoms with Gasteiger partial charge in [-0.05, 0) is 48.9 Å². The van der Waals surface area contributed by atoms with E-state index in [1.165, 1.54) is 24.5 Å². The molecule has 1 fully saturated rings. The van der Waals surface area contributed by atoms with E-state index in [-0.39, 0.29) is 35.2 Å². The van der Waals surface area contributed by atoms with Crippen molar-refractivity contribution >= 4 is 34.0 Å². The van der Waals surface area contributed by atoms with Crippen LogP contribution in [0.1, 0.15) is 25.7 Å². The van der Waals surface area contributed by atoms with Crippen LogP contribution in [0.15, 0.2) is 91.7 Å². The second kappa shape index (κ2) is 13.6. The number of benzene rings is 2. The molecule has 3 heterocycles. The van der Waals surface area contributed by atoms with E-state index in [2.05, 4.69) is 27.0 Å². The molecule has 46 heavy (non-hydrogen) atoms. The number of nitrogens with zero attached hydrogens (tertiary/aromatic N) is 5. The molecule has 2 aromatic heterocycles. The summed E-state index contributed by atoms with van der Waals surface area (Å²) in [4.78, 5) is 22.4. The molecule has 12 heteroatoms. The summed E-state index contributed by atoms with van der Waals surface area (Å²) >= 11 is 0. The summed E-state index contributed by atoms with van der Waals surface area (Å²) in [6, 6.07) is 9.57. The number of halogens is 2. The number of ether oxygens (including phenoxy) is 3. The average Bonchev–Trinajstić information content (AvgIpc) is 3.52. The fourth-order valence-electron chi connectivity index (χ4n) is 5.23. The summed E-state index contributed by atoms with van der Waals surface area (Å²) in [5.74, 6) is 1.01. The Bertz CT molecular complexity index is 1860. The summed E-state index contributed by atoms with van der Waals surface area (Å²) in [6.07, 6.45) is 13.3. The number of hydrogen-bond donors (Lipinski definition) is 1. The van der Waals surface area contributed by atoms with Gasteiger partial charge in [0.15, 0.2) is 11.5 Å². The van der Waals surface area contributed by atoms with Crippen molar-refractivity contribution in [3.63, 3.8) is 0 Å². The molecule has 1 amide bonds. The Morgan fingerprint density at radius 1 is 1.09 bits per heavy atom. The maximum Gasteiger partial charge on any atom is 0.245 e. The van der Waals surface area contributed by atoms with E-state index in [1.807, 2.05) is 12.2 Å².